The van der Waals surface area contributed by atoms with E-state index in [1.807, 2.05) is 32.9 Å². The summed E-state index contributed by atoms with van der Waals surface area (Å²) >= 11 is 0. The topological polar surface area (TPSA) is 149 Å². The summed E-state index contributed by atoms with van der Waals surface area (Å²) in [5, 5.41) is 34.0. The van der Waals surface area contributed by atoms with Crippen LogP contribution in [-0.4, -0.2) is 102 Å². The summed E-state index contributed by atoms with van der Waals surface area (Å²) in [7, 11) is 0. The van der Waals surface area contributed by atoms with Crippen LogP contribution in [0, 0.1) is 23.6 Å². The van der Waals surface area contributed by atoms with Crippen molar-refractivity contribution in [2.45, 2.75) is 103 Å². The minimum absolute atomic E-state index is 0.00244. The molecule has 5 rings (SSSR count). The predicted octanol–water partition coefficient (Wildman–Crippen LogP) is 7.30. The standard InChI is InChI=1S/C45H63FN2O10/c1-6-24-56-45-40(48(43(52)54-7-2)20-25-53-26-23-51)29-38(47-58-44(3,4)5)35-27-31(14-10-12-21-49)34(16-11-13-22-50)41(42(35)45)36-28-33(18-19-39(36)57-45)55-30-32-15-8-9-17-37(32)46/h6,8-9,15,17-19,27-28,31,34,40-42,49-51H,1,7,10-14,16,20-26,29-30H2,2-5H3. The van der Waals surface area contributed by atoms with Crippen LogP contribution in [0.4, 0.5) is 9.18 Å². The number of amides is 1. The number of carbonyl (C=O) groups excluding carboxylic acids is 1. The fraction of sp³-hybridized carbons (Fsp3) is 0.600. The van der Waals surface area contributed by atoms with Crippen LogP contribution in [0.5, 0.6) is 11.5 Å². The number of hydrogen-bond acceptors (Lipinski definition) is 11. The molecule has 0 saturated heterocycles. The third-order valence-corrected chi connectivity index (χ3v) is 11.0. The van der Waals surface area contributed by atoms with Crippen molar-refractivity contribution < 1.29 is 53.0 Å². The van der Waals surface area contributed by atoms with E-state index in [9.17, 15) is 24.5 Å². The number of nitrogens with zero attached hydrogens (tertiary/aromatic N) is 2. The quantitative estimate of drug-likeness (QED) is 0.0629. The summed E-state index contributed by atoms with van der Waals surface area (Å²) in [6.45, 7) is 12.1. The first-order chi connectivity index (χ1) is 28.0. The van der Waals surface area contributed by atoms with E-state index in [1.165, 1.54) is 6.07 Å². The molecule has 3 N–H and O–H groups in total. The lowest BCUT2D eigenvalue weighted by Gasteiger charge is -2.59. The fourth-order valence-electron chi connectivity index (χ4n) is 8.62. The van der Waals surface area contributed by atoms with Gasteiger partial charge in [0.25, 0.3) is 0 Å². The molecule has 0 bridgehead atoms. The molecular formula is C45H63FN2O10. The summed E-state index contributed by atoms with van der Waals surface area (Å²) in [4.78, 5) is 21.9. The van der Waals surface area contributed by atoms with Crippen molar-refractivity contribution in [2.75, 3.05) is 52.8 Å². The molecular weight excluding hydrogens is 747 g/mol. The van der Waals surface area contributed by atoms with Gasteiger partial charge in [0.2, 0.25) is 5.79 Å². The van der Waals surface area contributed by atoms with Gasteiger partial charge in [0, 0.05) is 43.2 Å². The Balaban J connectivity index is 1.76. The molecule has 1 saturated carbocycles. The van der Waals surface area contributed by atoms with Crippen molar-refractivity contribution in [3.05, 3.63) is 83.7 Å². The Morgan fingerprint density at radius 2 is 1.81 bits per heavy atom. The van der Waals surface area contributed by atoms with E-state index in [-0.39, 0.29) is 89.4 Å². The van der Waals surface area contributed by atoms with Crippen molar-refractivity contribution >= 4 is 11.8 Å². The molecule has 1 aliphatic heterocycles. The Hall–Kier alpha value is -4.01. The number of carbonyl (C=O) groups is 1. The number of hydrogen-bond donors (Lipinski definition) is 3. The number of fused-ring (bicyclic) bond motifs is 2. The third kappa shape index (κ3) is 10.8. The molecule has 6 atom stereocenters. The molecule has 1 amide bonds. The van der Waals surface area contributed by atoms with Gasteiger partial charge in [-0.15, -0.1) is 6.58 Å². The van der Waals surface area contributed by atoms with E-state index in [1.54, 1.807) is 42.2 Å². The zero-order valence-corrected chi connectivity index (χ0v) is 34.6. The number of halogens is 1. The van der Waals surface area contributed by atoms with Gasteiger partial charge in [0.05, 0.1) is 44.7 Å². The number of ether oxygens (including phenoxy) is 5. The highest BCUT2D eigenvalue weighted by Crippen LogP contribution is 2.62. The minimum atomic E-state index is -1.48. The molecule has 2 aromatic carbocycles. The molecule has 3 aliphatic rings. The zero-order chi connectivity index (χ0) is 41.7. The second-order valence-electron chi connectivity index (χ2n) is 16.1. The summed E-state index contributed by atoms with van der Waals surface area (Å²) in [5.41, 5.74) is 2.23. The van der Waals surface area contributed by atoms with Crippen molar-refractivity contribution in [3.63, 3.8) is 0 Å². The highest BCUT2D eigenvalue weighted by Gasteiger charge is 2.65. The van der Waals surface area contributed by atoms with Gasteiger partial charge in [-0.2, -0.15) is 0 Å². The molecule has 0 aromatic heterocycles. The molecule has 320 valence electrons. The van der Waals surface area contributed by atoms with Crippen LogP contribution in [0.25, 0.3) is 0 Å². The number of benzene rings is 2. The summed E-state index contributed by atoms with van der Waals surface area (Å²) < 4.78 is 46.5. The van der Waals surface area contributed by atoms with Gasteiger partial charge in [-0.3, -0.25) is 4.90 Å². The zero-order valence-electron chi connectivity index (χ0n) is 34.6. The van der Waals surface area contributed by atoms with Crippen molar-refractivity contribution in [1.29, 1.82) is 0 Å². The molecule has 1 heterocycles. The maximum absolute atomic E-state index is 14.7. The van der Waals surface area contributed by atoms with E-state index < -0.39 is 29.4 Å². The first kappa shape index (κ1) is 45.1. The highest BCUT2D eigenvalue weighted by molar-refractivity contribution is 6.03. The van der Waals surface area contributed by atoms with Gasteiger partial charge in [0.1, 0.15) is 35.6 Å². The lowest BCUT2D eigenvalue weighted by molar-refractivity contribution is -0.256. The van der Waals surface area contributed by atoms with E-state index in [4.69, 9.17) is 33.7 Å². The average Bonchev–Trinajstić information content (AvgIpc) is 3.20. The molecule has 0 radical (unpaired) electrons. The number of allylic oxidation sites excluding steroid dienone is 1. The van der Waals surface area contributed by atoms with E-state index >= 15 is 0 Å². The van der Waals surface area contributed by atoms with Crippen LogP contribution in [0.2, 0.25) is 0 Å². The second kappa shape index (κ2) is 21.3. The van der Waals surface area contributed by atoms with Crippen LogP contribution in [0.15, 0.2) is 71.9 Å². The van der Waals surface area contributed by atoms with Gasteiger partial charge in [-0.1, -0.05) is 48.3 Å². The van der Waals surface area contributed by atoms with E-state index in [0.29, 0.717) is 35.6 Å². The van der Waals surface area contributed by atoms with Gasteiger partial charge >= 0.3 is 6.09 Å². The molecule has 2 aliphatic carbocycles. The summed E-state index contributed by atoms with van der Waals surface area (Å²) in [6, 6.07) is 11.4. The Kier molecular flexibility index (Phi) is 16.6. The maximum Gasteiger partial charge on any atom is 0.410 e. The first-order valence-corrected chi connectivity index (χ1v) is 20.8. The van der Waals surface area contributed by atoms with Gasteiger partial charge < -0.3 is 43.8 Å². The highest BCUT2D eigenvalue weighted by atomic mass is 19.1. The Labute approximate surface area is 342 Å². The number of aliphatic hydroxyl groups is 3. The van der Waals surface area contributed by atoms with Gasteiger partial charge in [-0.25, -0.2) is 9.18 Å². The van der Waals surface area contributed by atoms with Crippen LogP contribution >= 0.6 is 0 Å². The number of unbranched alkanes of at least 4 members (excludes halogenated alkanes) is 2. The summed E-state index contributed by atoms with van der Waals surface area (Å²) in [5.74, 6) is -1.51. The Bertz CT molecular complexity index is 1710. The third-order valence-electron chi connectivity index (χ3n) is 11.0. The van der Waals surface area contributed by atoms with E-state index in [2.05, 4.69) is 12.7 Å². The summed E-state index contributed by atoms with van der Waals surface area (Å²) in [6.07, 6.45) is 7.95. The van der Waals surface area contributed by atoms with Crippen molar-refractivity contribution in [1.82, 2.24) is 4.90 Å². The van der Waals surface area contributed by atoms with E-state index in [0.717, 1.165) is 36.8 Å². The SMILES string of the molecule is C=CCOC12Oc3ccc(OCc4ccccc4F)cc3C3C(CCCCO)C(CCCCO)C=C(C(=NOC(C)(C)C)CC1N(CCOCCO)C(=O)OCC)C32. The Morgan fingerprint density at radius 3 is 2.50 bits per heavy atom. The van der Waals surface area contributed by atoms with Crippen molar-refractivity contribution in [3.8, 4) is 11.5 Å². The molecule has 1 fully saturated rings. The van der Waals surface area contributed by atoms with Crippen LogP contribution in [0.1, 0.15) is 89.7 Å². The smallest absolute Gasteiger partial charge is 0.410 e. The van der Waals surface area contributed by atoms with Gasteiger partial charge in [0.15, 0.2) is 0 Å². The van der Waals surface area contributed by atoms with Crippen LogP contribution in [0.3, 0.4) is 0 Å². The number of oxime groups is 1. The number of rotatable bonds is 22. The lowest BCUT2D eigenvalue weighted by Crippen LogP contribution is -2.70. The normalized spacial score (nSPS) is 24.2. The second-order valence-corrected chi connectivity index (χ2v) is 16.1. The Morgan fingerprint density at radius 1 is 1.05 bits per heavy atom. The van der Waals surface area contributed by atoms with Crippen molar-refractivity contribution in [2.24, 2.45) is 22.9 Å². The molecule has 13 heteroatoms. The molecule has 12 nitrogen and oxygen atoms in total. The lowest BCUT2D eigenvalue weighted by atomic mass is 9.55. The average molecular weight is 811 g/mol. The van der Waals surface area contributed by atoms with Gasteiger partial charge in [-0.05, 0) is 95.1 Å². The minimum Gasteiger partial charge on any atom is -0.489 e. The largest absolute Gasteiger partial charge is 0.489 e. The first-order valence-electron chi connectivity index (χ1n) is 20.8. The predicted molar refractivity (Wildman–Crippen MR) is 218 cm³/mol. The molecule has 0 spiro atoms. The van der Waals surface area contributed by atoms with Crippen LogP contribution in [-0.2, 0) is 25.7 Å². The molecule has 58 heavy (non-hydrogen) atoms. The van der Waals surface area contributed by atoms with Crippen LogP contribution < -0.4 is 9.47 Å². The monoisotopic (exact) mass is 810 g/mol. The molecule has 6 unspecified atom stereocenters. The maximum atomic E-state index is 14.7. The fourth-order valence-corrected chi connectivity index (χ4v) is 8.62. The number of aliphatic hydroxyl groups excluding tert-OH is 3. The molecule has 2 aromatic rings.